The minimum Gasteiger partial charge on any atom is -0.337 e. The summed E-state index contributed by atoms with van der Waals surface area (Å²) in [7, 11) is 0. The van der Waals surface area contributed by atoms with E-state index < -0.39 is 11.8 Å². The maximum atomic E-state index is 10.5. The number of nitrogens with zero attached hydrogens (tertiary/aromatic N) is 4. The van der Waals surface area contributed by atoms with E-state index in [0.717, 1.165) is 61.9 Å². The molecule has 4 heteroatoms. The van der Waals surface area contributed by atoms with E-state index in [4.69, 9.17) is 6.42 Å². The second kappa shape index (κ2) is 15.3. The second-order valence-electron chi connectivity index (χ2n) is 12.8. The molecule has 1 aromatic heterocycles. The van der Waals surface area contributed by atoms with Gasteiger partial charge in [-0.05, 0) is 78.6 Å². The van der Waals surface area contributed by atoms with Crippen molar-refractivity contribution in [3.63, 3.8) is 0 Å². The molecule has 0 amide bonds. The lowest BCUT2D eigenvalue weighted by atomic mass is 9.77. The van der Waals surface area contributed by atoms with Gasteiger partial charge in [-0.2, -0.15) is 10.5 Å². The monoisotopic (exact) mass is 660 g/mol. The van der Waals surface area contributed by atoms with Gasteiger partial charge in [0, 0.05) is 57.6 Å². The van der Waals surface area contributed by atoms with Gasteiger partial charge in [0.2, 0.25) is 0 Å². The van der Waals surface area contributed by atoms with Crippen LogP contribution in [0.3, 0.4) is 0 Å². The number of hydrogen-bond donors (Lipinski definition) is 0. The largest absolute Gasteiger partial charge is 0.337 e. The van der Waals surface area contributed by atoms with Crippen molar-refractivity contribution in [2.45, 2.75) is 26.7 Å². The molecule has 1 aliphatic carbocycles. The van der Waals surface area contributed by atoms with E-state index in [2.05, 4.69) is 140 Å². The minimum absolute atomic E-state index is 0.233. The number of anilines is 2. The van der Waals surface area contributed by atoms with Crippen molar-refractivity contribution in [2.75, 3.05) is 11.4 Å². The summed E-state index contributed by atoms with van der Waals surface area (Å²) in [6.07, 6.45) is 27.7. The molecule has 6 rings (SSSR count). The summed E-state index contributed by atoms with van der Waals surface area (Å²) >= 11 is 0. The zero-order valence-electron chi connectivity index (χ0n) is 29.3. The minimum atomic E-state index is -0.631. The van der Waals surface area contributed by atoms with Crippen molar-refractivity contribution in [3.8, 4) is 30.2 Å². The molecule has 248 valence electrons. The van der Waals surface area contributed by atoms with Crippen LogP contribution >= 0.6 is 0 Å². The standard InChI is InChI=1S/C47H40N4/c1-6-8-21-41-34(4)51(35(5)42(41)22-9-7-2)39-20-17-19-36(29-39)44-30-37(28-38(31-48)45(44)32-49)43-24-13-15-26-47(43)50-27-16-10-11-18-33(3)40-23-12-14-25-46(40)50/h1,7-26,28-30,33,38,45H,2,27H2,3-5H3/b16-10-,18-11-,21-8-,22-9-. The molecule has 0 N–H and O–H groups in total. The van der Waals surface area contributed by atoms with E-state index in [1.165, 1.54) is 5.56 Å². The van der Waals surface area contributed by atoms with E-state index in [0.29, 0.717) is 6.54 Å². The quantitative estimate of drug-likeness (QED) is 0.146. The number of terminal acetylenes is 1. The second-order valence-corrected chi connectivity index (χ2v) is 12.8. The molecule has 3 aromatic carbocycles. The summed E-state index contributed by atoms with van der Waals surface area (Å²) in [6, 6.07) is 30.1. The first-order valence-electron chi connectivity index (χ1n) is 17.2. The van der Waals surface area contributed by atoms with E-state index in [1.807, 2.05) is 42.5 Å². The van der Waals surface area contributed by atoms with Crippen LogP contribution in [0.1, 0.15) is 52.0 Å². The highest BCUT2D eigenvalue weighted by Crippen LogP contribution is 2.43. The number of allylic oxidation sites excluding steroid dienone is 10. The van der Waals surface area contributed by atoms with Crippen LogP contribution in [0.4, 0.5) is 11.4 Å². The summed E-state index contributed by atoms with van der Waals surface area (Å²) in [4.78, 5) is 2.35. The van der Waals surface area contributed by atoms with E-state index in [1.54, 1.807) is 12.2 Å². The number of fused-ring (bicyclic) bond motifs is 1. The fourth-order valence-corrected chi connectivity index (χ4v) is 7.27. The number of aromatic nitrogens is 1. The van der Waals surface area contributed by atoms with Gasteiger partial charge >= 0.3 is 0 Å². The van der Waals surface area contributed by atoms with E-state index in [9.17, 15) is 10.5 Å². The number of benzene rings is 3. The molecule has 2 heterocycles. The van der Waals surface area contributed by atoms with E-state index in [-0.39, 0.29) is 5.92 Å². The lowest BCUT2D eigenvalue weighted by Crippen LogP contribution is -2.21. The third-order valence-corrected chi connectivity index (χ3v) is 9.73. The van der Waals surface area contributed by atoms with E-state index >= 15 is 0 Å². The third-order valence-electron chi connectivity index (χ3n) is 9.73. The highest BCUT2D eigenvalue weighted by molar-refractivity contribution is 5.93. The van der Waals surface area contributed by atoms with Gasteiger partial charge in [0.25, 0.3) is 0 Å². The predicted molar refractivity (Wildman–Crippen MR) is 213 cm³/mol. The average molecular weight is 661 g/mol. The number of para-hydroxylation sites is 2. The van der Waals surface area contributed by atoms with Crippen LogP contribution in [-0.2, 0) is 0 Å². The van der Waals surface area contributed by atoms with Crippen molar-refractivity contribution in [1.82, 2.24) is 4.57 Å². The number of nitriles is 2. The molecule has 1 aliphatic heterocycles. The Kier molecular flexibility index (Phi) is 10.3. The maximum Gasteiger partial charge on any atom is 0.0912 e. The normalized spacial score (nSPS) is 19.8. The van der Waals surface area contributed by atoms with Crippen molar-refractivity contribution >= 4 is 34.7 Å². The van der Waals surface area contributed by atoms with Crippen LogP contribution in [0.25, 0.3) is 29.0 Å². The SMILES string of the molecule is C#C/C=C\c1c(/C=C\C=C)c(C)n(-c2cccc(C3=CC(c4ccccc4N4C/C=C\C=C/C(C)c5ccccc54)=CC(C#N)C3C#N)c2)c1C. The Morgan fingerprint density at radius 3 is 2.37 bits per heavy atom. The summed E-state index contributed by atoms with van der Waals surface area (Å²) in [6.45, 7) is 10.9. The van der Waals surface area contributed by atoms with Crippen LogP contribution in [0.5, 0.6) is 0 Å². The molecule has 0 radical (unpaired) electrons. The Hall–Kier alpha value is -6.54. The molecule has 51 heavy (non-hydrogen) atoms. The summed E-state index contributed by atoms with van der Waals surface area (Å²) in [5, 5.41) is 20.9. The molecule has 3 unspecified atom stereocenters. The Bertz CT molecular complexity index is 2300. The van der Waals surface area contributed by atoms with Crippen LogP contribution in [0.2, 0.25) is 0 Å². The Morgan fingerprint density at radius 1 is 0.882 bits per heavy atom. The first-order valence-corrected chi connectivity index (χ1v) is 17.2. The first-order chi connectivity index (χ1) is 24.9. The number of hydrogen-bond acceptors (Lipinski definition) is 3. The zero-order valence-corrected chi connectivity index (χ0v) is 29.3. The average Bonchev–Trinajstić information content (AvgIpc) is 3.44. The van der Waals surface area contributed by atoms with Gasteiger partial charge in [-0.25, -0.2) is 0 Å². The molecule has 0 bridgehead atoms. The first kappa shape index (κ1) is 34.3. The summed E-state index contributed by atoms with van der Waals surface area (Å²) in [5.41, 5.74) is 12.2. The molecule has 2 aliphatic rings. The lowest BCUT2D eigenvalue weighted by Gasteiger charge is -2.31. The zero-order chi connectivity index (χ0) is 35.9. The van der Waals surface area contributed by atoms with Gasteiger partial charge in [-0.1, -0.05) is 117 Å². The van der Waals surface area contributed by atoms with Gasteiger partial charge in [0.05, 0.1) is 24.0 Å². The highest BCUT2D eigenvalue weighted by atomic mass is 15.1. The molecule has 0 spiro atoms. The van der Waals surface area contributed by atoms with Crippen LogP contribution in [0, 0.1) is 60.7 Å². The van der Waals surface area contributed by atoms with Gasteiger partial charge in [-0.3, -0.25) is 0 Å². The summed E-state index contributed by atoms with van der Waals surface area (Å²) < 4.78 is 2.21. The number of rotatable bonds is 7. The molecule has 0 saturated heterocycles. The van der Waals surface area contributed by atoms with Gasteiger partial charge in [-0.15, -0.1) is 6.42 Å². The predicted octanol–water partition coefficient (Wildman–Crippen LogP) is 11.1. The van der Waals surface area contributed by atoms with Crippen molar-refractivity contribution in [1.29, 1.82) is 10.5 Å². The molecular weight excluding hydrogens is 621 g/mol. The Labute approximate surface area is 302 Å². The molecule has 0 saturated carbocycles. The van der Waals surface area contributed by atoms with Gasteiger partial charge in [0.15, 0.2) is 0 Å². The maximum absolute atomic E-state index is 10.5. The molecule has 4 aromatic rings. The third kappa shape index (κ3) is 6.72. The van der Waals surface area contributed by atoms with Crippen molar-refractivity contribution in [2.24, 2.45) is 11.8 Å². The van der Waals surface area contributed by atoms with Crippen molar-refractivity contribution in [3.05, 3.63) is 173 Å². The van der Waals surface area contributed by atoms with Crippen LogP contribution in [-0.4, -0.2) is 11.1 Å². The molecular formula is C47H40N4. The molecule has 3 atom stereocenters. The Balaban J connectivity index is 1.50. The van der Waals surface area contributed by atoms with Crippen LogP contribution in [0.15, 0.2) is 134 Å². The van der Waals surface area contributed by atoms with Gasteiger partial charge in [0.1, 0.15) is 0 Å². The highest BCUT2D eigenvalue weighted by Gasteiger charge is 2.30. The van der Waals surface area contributed by atoms with Crippen molar-refractivity contribution < 1.29 is 0 Å². The topological polar surface area (TPSA) is 55.8 Å². The molecule has 0 fully saturated rings. The fourth-order valence-electron chi connectivity index (χ4n) is 7.27. The molecule has 4 nitrogen and oxygen atoms in total. The lowest BCUT2D eigenvalue weighted by molar-refractivity contribution is 0.713. The fraction of sp³-hybridized carbons (Fsp3) is 0.149. The van der Waals surface area contributed by atoms with Crippen LogP contribution < -0.4 is 4.90 Å². The summed E-state index contributed by atoms with van der Waals surface area (Å²) in [5.74, 6) is 1.59. The smallest absolute Gasteiger partial charge is 0.0912 e. The van der Waals surface area contributed by atoms with Gasteiger partial charge < -0.3 is 9.47 Å². The Morgan fingerprint density at radius 2 is 1.63 bits per heavy atom.